The van der Waals surface area contributed by atoms with Crippen LogP contribution in [0, 0.1) is 6.92 Å². The van der Waals surface area contributed by atoms with Gasteiger partial charge in [-0.05, 0) is 19.9 Å². The van der Waals surface area contributed by atoms with E-state index in [2.05, 4.69) is 15.5 Å². The van der Waals surface area contributed by atoms with E-state index in [9.17, 15) is 9.90 Å². The number of anilines is 1. The van der Waals surface area contributed by atoms with E-state index in [0.717, 1.165) is 0 Å². The zero-order chi connectivity index (χ0) is 14.5. The maximum absolute atomic E-state index is 11.9. The lowest BCUT2D eigenvalue weighted by atomic mass is 10.1. The number of aliphatic hydroxyl groups is 1. The van der Waals surface area contributed by atoms with E-state index in [1.165, 1.54) is 0 Å². The minimum atomic E-state index is -0.634. The highest BCUT2D eigenvalue weighted by molar-refractivity contribution is 5.91. The highest BCUT2D eigenvalue weighted by Gasteiger charge is 2.11. The summed E-state index contributed by atoms with van der Waals surface area (Å²) in [6.07, 6.45) is 0.00401. The Morgan fingerprint density at radius 3 is 2.85 bits per heavy atom. The van der Waals surface area contributed by atoms with Crippen LogP contribution in [0.25, 0.3) is 0 Å². The maximum atomic E-state index is 11.9. The standard InChI is InChI=1S/C14H17N3O3/c1-9(18)11-5-3-4-6-12(11)16-13(19)7-8-14-15-10(2)17-20-14/h3-6,9,18H,7-8H2,1-2H3,(H,16,19). The van der Waals surface area contributed by atoms with Crippen LogP contribution in [0.1, 0.15) is 36.7 Å². The number of nitrogens with zero attached hydrogens (tertiary/aromatic N) is 2. The number of carbonyl (C=O) groups excluding carboxylic acids is 1. The van der Waals surface area contributed by atoms with Crippen LogP contribution < -0.4 is 5.32 Å². The molecule has 106 valence electrons. The van der Waals surface area contributed by atoms with Gasteiger partial charge >= 0.3 is 0 Å². The van der Waals surface area contributed by atoms with Gasteiger partial charge in [0, 0.05) is 24.1 Å². The molecule has 6 heteroatoms. The van der Waals surface area contributed by atoms with Crippen molar-refractivity contribution in [1.82, 2.24) is 10.1 Å². The molecule has 0 aliphatic carbocycles. The van der Waals surface area contributed by atoms with Crippen molar-refractivity contribution in [1.29, 1.82) is 0 Å². The molecule has 0 fully saturated rings. The predicted octanol–water partition coefficient (Wildman–Crippen LogP) is 2.00. The second-order valence-electron chi connectivity index (χ2n) is 4.55. The van der Waals surface area contributed by atoms with Gasteiger partial charge in [-0.1, -0.05) is 23.4 Å². The number of aliphatic hydroxyl groups excluding tert-OH is 1. The Labute approximate surface area is 116 Å². The number of carbonyl (C=O) groups is 1. The Morgan fingerprint density at radius 2 is 2.20 bits per heavy atom. The number of nitrogens with one attached hydrogen (secondary N) is 1. The third-order valence-corrected chi connectivity index (χ3v) is 2.82. The molecule has 1 amide bonds. The molecule has 0 saturated heterocycles. The molecular weight excluding hydrogens is 258 g/mol. The first kappa shape index (κ1) is 14.2. The molecule has 0 bridgehead atoms. The first-order chi connectivity index (χ1) is 9.56. The van der Waals surface area contributed by atoms with Crippen molar-refractivity contribution in [2.75, 3.05) is 5.32 Å². The summed E-state index contributed by atoms with van der Waals surface area (Å²) >= 11 is 0. The summed E-state index contributed by atoms with van der Waals surface area (Å²) < 4.78 is 4.95. The molecule has 0 radical (unpaired) electrons. The Bertz CT molecular complexity index is 593. The largest absolute Gasteiger partial charge is 0.389 e. The van der Waals surface area contributed by atoms with Crippen LogP contribution in [0.3, 0.4) is 0 Å². The van der Waals surface area contributed by atoms with Crippen LogP contribution in [0.4, 0.5) is 5.69 Å². The Hall–Kier alpha value is -2.21. The molecular formula is C14H17N3O3. The molecule has 1 heterocycles. The fraction of sp³-hybridized carbons (Fsp3) is 0.357. The molecule has 0 aliphatic rings. The summed E-state index contributed by atoms with van der Waals surface area (Å²) in [5.41, 5.74) is 1.31. The third-order valence-electron chi connectivity index (χ3n) is 2.82. The molecule has 1 atom stereocenters. The van der Waals surface area contributed by atoms with Gasteiger partial charge in [-0.2, -0.15) is 4.98 Å². The molecule has 1 aromatic heterocycles. The van der Waals surface area contributed by atoms with Crippen molar-refractivity contribution >= 4 is 11.6 Å². The lowest BCUT2D eigenvalue weighted by Gasteiger charge is -2.12. The fourth-order valence-corrected chi connectivity index (χ4v) is 1.85. The summed E-state index contributed by atoms with van der Waals surface area (Å²) in [5, 5.41) is 16.1. The normalized spacial score (nSPS) is 12.2. The Morgan fingerprint density at radius 1 is 1.45 bits per heavy atom. The second kappa shape index (κ2) is 6.29. The van der Waals surface area contributed by atoms with E-state index in [0.29, 0.717) is 29.4 Å². The molecule has 2 aromatic rings. The first-order valence-electron chi connectivity index (χ1n) is 6.42. The van der Waals surface area contributed by atoms with E-state index >= 15 is 0 Å². The number of para-hydroxylation sites is 1. The van der Waals surface area contributed by atoms with Crippen molar-refractivity contribution < 1.29 is 14.4 Å². The molecule has 20 heavy (non-hydrogen) atoms. The van der Waals surface area contributed by atoms with Crippen molar-refractivity contribution in [3.8, 4) is 0 Å². The van der Waals surface area contributed by atoms with E-state index in [1.807, 2.05) is 12.1 Å². The van der Waals surface area contributed by atoms with Crippen LogP contribution in [0.2, 0.25) is 0 Å². The Balaban J connectivity index is 1.94. The van der Waals surface area contributed by atoms with E-state index in [1.54, 1.807) is 26.0 Å². The van der Waals surface area contributed by atoms with Gasteiger partial charge in [0.25, 0.3) is 0 Å². The van der Waals surface area contributed by atoms with Crippen molar-refractivity contribution in [3.63, 3.8) is 0 Å². The van der Waals surface area contributed by atoms with Gasteiger partial charge in [0.05, 0.1) is 6.10 Å². The lowest BCUT2D eigenvalue weighted by molar-refractivity contribution is -0.116. The number of rotatable bonds is 5. The molecule has 0 spiro atoms. The first-order valence-corrected chi connectivity index (χ1v) is 6.42. The predicted molar refractivity (Wildman–Crippen MR) is 73.1 cm³/mol. The average Bonchev–Trinajstić information content (AvgIpc) is 2.83. The summed E-state index contributed by atoms with van der Waals surface area (Å²) in [6.45, 7) is 3.39. The highest BCUT2D eigenvalue weighted by Crippen LogP contribution is 2.22. The van der Waals surface area contributed by atoms with Gasteiger partial charge in [0.1, 0.15) is 0 Å². The number of benzene rings is 1. The van der Waals surface area contributed by atoms with Crippen molar-refractivity contribution in [2.24, 2.45) is 0 Å². The number of hydrogen-bond acceptors (Lipinski definition) is 5. The van der Waals surface area contributed by atoms with Gasteiger partial charge in [-0.25, -0.2) is 0 Å². The van der Waals surface area contributed by atoms with Gasteiger partial charge in [0.2, 0.25) is 11.8 Å². The number of amides is 1. The Kier molecular flexibility index (Phi) is 4.47. The van der Waals surface area contributed by atoms with Crippen LogP contribution >= 0.6 is 0 Å². The number of aromatic nitrogens is 2. The minimum Gasteiger partial charge on any atom is -0.389 e. The van der Waals surface area contributed by atoms with Crippen molar-refractivity contribution in [3.05, 3.63) is 41.5 Å². The molecule has 0 saturated carbocycles. The summed E-state index contributed by atoms with van der Waals surface area (Å²) in [6, 6.07) is 7.17. The summed E-state index contributed by atoms with van der Waals surface area (Å²) in [4.78, 5) is 15.9. The van der Waals surface area contributed by atoms with Crippen LogP contribution in [0.15, 0.2) is 28.8 Å². The molecule has 0 aliphatic heterocycles. The lowest BCUT2D eigenvalue weighted by Crippen LogP contribution is -2.14. The van der Waals surface area contributed by atoms with E-state index in [-0.39, 0.29) is 12.3 Å². The second-order valence-corrected chi connectivity index (χ2v) is 4.55. The topological polar surface area (TPSA) is 88.2 Å². The van der Waals surface area contributed by atoms with Gasteiger partial charge < -0.3 is 14.9 Å². The van der Waals surface area contributed by atoms with Crippen LogP contribution in [0.5, 0.6) is 0 Å². The summed E-state index contributed by atoms with van der Waals surface area (Å²) in [7, 11) is 0. The smallest absolute Gasteiger partial charge is 0.227 e. The SMILES string of the molecule is Cc1noc(CCC(=O)Nc2ccccc2C(C)O)n1. The molecule has 2 rings (SSSR count). The van der Waals surface area contributed by atoms with E-state index in [4.69, 9.17) is 4.52 Å². The quantitative estimate of drug-likeness (QED) is 0.871. The number of hydrogen-bond donors (Lipinski definition) is 2. The van der Waals surface area contributed by atoms with Crippen LogP contribution in [-0.4, -0.2) is 21.2 Å². The van der Waals surface area contributed by atoms with Gasteiger partial charge in [-0.15, -0.1) is 0 Å². The molecule has 2 N–H and O–H groups in total. The zero-order valence-electron chi connectivity index (χ0n) is 11.5. The van der Waals surface area contributed by atoms with Crippen LogP contribution in [-0.2, 0) is 11.2 Å². The fourth-order valence-electron chi connectivity index (χ4n) is 1.85. The molecule has 6 nitrogen and oxygen atoms in total. The highest BCUT2D eigenvalue weighted by atomic mass is 16.5. The van der Waals surface area contributed by atoms with E-state index < -0.39 is 6.10 Å². The van der Waals surface area contributed by atoms with Gasteiger partial charge in [0.15, 0.2) is 5.82 Å². The van der Waals surface area contributed by atoms with Gasteiger partial charge in [-0.3, -0.25) is 4.79 Å². The zero-order valence-corrected chi connectivity index (χ0v) is 11.5. The molecule has 1 aromatic carbocycles. The number of aryl methyl sites for hydroxylation is 2. The average molecular weight is 275 g/mol. The monoisotopic (exact) mass is 275 g/mol. The van der Waals surface area contributed by atoms with Crippen molar-refractivity contribution in [2.45, 2.75) is 32.8 Å². The third kappa shape index (κ3) is 3.64. The molecule has 1 unspecified atom stereocenters. The maximum Gasteiger partial charge on any atom is 0.227 e. The summed E-state index contributed by atoms with van der Waals surface area (Å²) in [5.74, 6) is 0.843. The minimum absolute atomic E-state index is 0.158.